The fraction of sp³-hybridized carbons (Fsp3) is 0.887. The number of carbonyl (C=O) groups excluding carboxylic acids is 1. The quantitative estimate of drug-likeness (QED) is 0.0308. The molecule has 6 nitrogen and oxygen atoms in total. The Balaban J connectivity index is 3.66. The third-order valence-corrected chi connectivity index (χ3v) is 14.3. The molecule has 0 bridgehead atoms. The molecule has 68 heavy (non-hydrogen) atoms. The van der Waals surface area contributed by atoms with E-state index in [4.69, 9.17) is 0 Å². The Labute approximate surface area is 424 Å². The Hall–Kier alpha value is -1.47. The molecule has 402 valence electrons. The highest BCUT2D eigenvalue weighted by Gasteiger charge is 2.28. The van der Waals surface area contributed by atoms with E-state index in [9.17, 15) is 25.2 Å². The number of nitrogens with one attached hydrogen (secondary N) is 1. The largest absolute Gasteiger partial charge is 0.394 e. The number of unbranched alkanes of at least 4 members (excludes halogenated alkanes) is 41. The Bertz CT molecular complexity index is 1080. The summed E-state index contributed by atoms with van der Waals surface area (Å²) < 4.78 is 0. The lowest BCUT2D eigenvalue weighted by Gasteiger charge is -2.27. The molecule has 0 aromatic rings. The van der Waals surface area contributed by atoms with Crippen LogP contribution in [0.25, 0.3) is 0 Å². The highest BCUT2D eigenvalue weighted by Crippen LogP contribution is 2.18. The van der Waals surface area contributed by atoms with Gasteiger partial charge in [0.2, 0.25) is 5.91 Å². The Morgan fingerprint density at radius 1 is 0.353 bits per heavy atom. The molecule has 4 unspecified atom stereocenters. The van der Waals surface area contributed by atoms with Gasteiger partial charge in [-0.1, -0.05) is 281 Å². The molecule has 0 saturated heterocycles. The fourth-order valence-corrected chi connectivity index (χ4v) is 9.54. The fourth-order valence-electron chi connectivity index (χ4n) is 9.54. The molecule has 0 aromatic carbocycles. The van der Waals surface area contributed by atoms with Gasteiger partial charge in [-0.2, -0.15) is 0 Å². The van der Waals surface area contributed by atoms with Crippen LogP contribution in [-0.4, -0.2) is 57.3 Å². The minimum Gasteiger partial charge on any atom is -0.394 e. The molecule has 0 aliphatic rings. The number of hydrogen-bond acceptors (Lipinski definition) is 5. The van der Waals surface area contributed by atoms with Gasteiger partial charge < -0.3 is 25.7 Å². The molecule has 0 fully saturated rings. The summed E-state index contributed by atoms with van der Waals surface area (Å²) in [4.78, 5) is 12.6. The summed E-state index contributed by atoms with van der Waals surface area (Å²) in [6, 6.07) is -1.01. The van der Waals surface area contributed by atoms with Crippen LogP contribution in [0.1, 0.15) is 322 Å². The van der Waals surface area contributed by atoms with Crippen LogP contribution in [0.3, 0.4) is 0 Å². The van der Waals surface area contributed by atoms with Crippen molar-refractivity contribution in [1.29, 1.82) is 0 Å². The van der Waals surface area contributed by atoms with Crippen molar-refractivity contribution in [3.8, 4) is 0 Å². The number of rotatable bonds is 56. The van der Waals surface area contributed by atoms with Gasteiger partial charge in [0.05, 0.1) is 18.8 Å². The van der Waals surface area contributed by atoms with Crippen molar-refractivity contribution in [3.05, 3.63) is 36.5 Å². The Kier molecular flexibility index (Phi) is 55.2. The Morgan fingerprint density at radius 3 is 0.926 bits per heavy atom. The van der Waals surface area contributed by atoms with Crippen molar-refractivity contribution >= 4 is 5.91 Å². The van der Waals surface area contributed by atoms with Crippen LogP contribution >= 0.6 is 0 Å². The zero-order chi connectivity index (χ0) is 49.5. The van der Waals surface area contributed by atoms with Gasteiger partial charge >= 0.3 is 0 Å². The maximum atomic E-state index is 12.6. The van der Waals surface area contributed by atoms with Gasteiger partial charge in [-0.05, 0) is 77.0 Å². The molecular formula is C62H119NO5. The van der Waals surface area contributed by atoms with Gasteiger partial charge in [0.1, 0.15) is 12.2 Å². The van der Waals surface area contributed by atoms with Crippen LogP contribution in [0.4, 0.5) is 0 Å². The molecule has 0 aliphatic carbocycles. The first-order chi connectivity index (χ1) is 33.5. The lowest BCUT2D eigenvalue weighted by molar-refractivity contribution is -0.132. The summed E-state index contributed by atoms with van der Waals surface area (Å²) in [5.74, 6) is -0.599. The first-order valence-corrected chi connectivity index (χ1v) is 30.4. The van der Waals surface area contributed by atoms with Crippen molar-refractivity contribution in [2.45, 2.75) is 346 Å². The van der Waals surface area contributed by atoms with Crippen molar-refractivity contribution < 1.29 is 25.2 Å². The minimum atomic E-state index is -1.29. The first kappa shape index (κ1) is 66.5. The van der Waals surface area contributed by atoms with Crippen LogP contribution in [0.2, 0.25) is 0 Å². The minimum absolute atomic E-state index is 0.353. The predicted octanol–water partition coefficient (Wildman–Crippen LogP) is 18.0. The molecule has 4 atom stereocenters. The molecule has 0 radical (unpaired) electrons. The van der Waals surface area contributed by atoms with E-state index in [1.54, 1.807) is 0 Å². The predicted molar refractivity (Wildman–Crippen MR) is 297 cm³/mol. The second kappa shape index (κ2) is 56.4. The van der Waals surface area contributed by atoms with Gasteiger partial charge in [-0.3, -0.25) is 4.79 Å². The molecule has 6 heteroatoms. The number of hydrogen-bond donors (Lipinski definition) is 5. The maximum absolute atomic E-state index is 12.6. The van der Waals surface area contributed by atoms with Crippen LogP contribution in [0, 0.1) is 0 Å². The van der Waals surface area contributed by atoms with Crippen LogP contribution in [0.5, 0.6) is 0 Å². The van der Waals surface area contributed by atoms with Crippen molar-refractivity contribution in [1.82, 2.24) is 5.32 Å². The van der Waals surface area contributed by atoms with E-state index in [-0.39, 0.29) is 0 Å². The lowest BCUT2D eigenvalue weighted by atomic mass is 10.00. The van der Waals surface area contributed by atoms with Crippen molar-refractivity contribution in [2.75, 3.05) is 6.61 Å². The average molecular weight is 959 g/mol. The second-order valence-electron chi connectivity index (χ2n) is 21.0. The molecule has 5 N–H and O–H groups in total. The van der Waals surface area contributed by atoms with Crippen LogP contribution < -0.4 is 5.32 Å². The number of amides is 1. The van der Waals surface area contributed by atoms with Crippen LogP contribution in [-0.2, 0) is 4.79 Å². The zero-order valence-electron chi connectivity index (χ0n) is 45.6. The molecule has 0 saturated carbocycles. The molecule has 0 aromatic heterocycles. The molecule has 0 heterocycles. The zero-order valence-corrected chi connectivity index (χ0v) is 45.6. The second-order valence-corrected chi connectivity index (χ2v) is 21.0. The average Bonchev–Trinajstić information content (AvgIpc) is 3.34. The molecule has 0 rings (SSSR count). The van der Waals surface area contributed by atoms with E-state index < -0.39 is 36.9 Å². The highest BCUT2D eigenvalue weighted by molar-refractivity contribution is 5.80. The van der Waals surface area contributed by atoms with Crippen molar-refractivity contribution in [3.63, 3.8) is 0 Å². The first-order valence-electron chi connectivity index (χ1n) is 30.4. The molecular weight excluding hydrogens is 839 g/mol. The van der Waals surface area contributed by atoms with Gasteiger partial charge in [-0.25, -0.2) is 0 Å². The van der Waals surface area contributed by atoms with Crippen LogP contribution in [0.15, 0.2) is 36.5 Å². The number of aliphatic hydroxyl groups excluding tert-OH is 4. The topological polar surface area (TPSA) is 110 Å². The standard InChI is InChI=1S/C62H119NO5/c1-3-5-7-9-11-13-15-17-19-21-23-25-27-28-29-30-31-32-33-34-36-37-39-41-43-45-47-49-51-53-55-59(65)61(67)58(57-64)63-62(68)60(66)56-54-52-50-48-46-44-42-40-38-35-26-24-22-20-18-16-14-12-10-8-6-4-2/h38-41,47,49,58-61,64-67H,3-37,42-46,48,50-57H2,1-2H3,(H,63,68)/b40-38-,41-39+,49-47+. The number of aliphatic hydroxyl groups is 4. The van der Waals surface area contributed by atoms with E-state index in [0.717, 1.165) is 44.9 Å². The summed E-state index contributed by atoms with van der Waals surface area (Å²) in [5.41, 5.74) is 0. The lowest BCUT2D eigenvalue weighted by Crippen LogP contribution is -2.53. The third-order valence-electron chi connectivity index (χ3n) is 14.3. The summed E-state index contributed by atoms with van der Waals surface area (Å²) >= 11 is 0. The monoisotopic (exact) mass is 958 g/mol. The summed E-state index contributed by atoms with van der Waals surface area (Å²) in [7, 11) is 0. The van der Waals surface area contributed by atoms with Gasteiger partial charge in [0.25, 0.3) is 0 Å². The molecule has 1 amide bonds. The Morgan fingerprint density at radius 2 is 0.618 bits per heavy atom. The summed E-state index contributed by atoms with van der Waals surface area (Å²) in [6.45, 7) is 4.08. The number of allylic oxidation sites excluding steroid dienone is 6. The van der Waals surface area contributed by atoms with E-state index in [0.29, 0.717) is 19.3 Å². The summed E-state index contributed by atoms with van der Waals surface area (Å²) in [5, 5.41) is 44.0. The normalized spacial score (nSPS) is 13.9. The van der Waals surface area contributed by atoms with Gasteiger partial charge in [-0.15, -0.1) is 0 Å². The van der Waals surface area contributed by atoms with Gasteiger partial charge in [0, 0.05) is 0 Å². The van der Waals surface area contributed by atoms with E-state index in [1.165, 1.54) is 244 Å². The molecule has 0 aliphatic heterocycles. The third kappa shape index (κ3) is 49.5. The number of carbonyl (C=O) groups is 1. The molecule has 0 spiro atoms. The van der Waals surface area contributed by atoms with E-state index in [1.807, 2.05) is 0 Å². The van der Waals surface area contributed by atoms with E-state index >= 15 is 0 Å². The van der Waals surface area contributed by atoms with Gasteiger partial charge in [0.15, 0.2) is 0 Å². The summed E-state index contributed by atoms with van der Waals surface area (Å²) in [6.07, 6.45) is 70.9. The smallest absolute Gasteiger partial charge is 0.249 e. The van der Waals surface area contributed by atoms with Crippen molar-refractivity contribution in [2.24, 2.45) is 0 Å². The SMILES string of the molecule is CCCCCCCCCCCCCC/C=C\CCCCCCCCC(O)C(=O)NC(CO)C(O)C(O)CCC/C=C/CC/C=C/CCCCCCCCCCCCCCCCCCCCCCC. The highest BCUT2D eigenvalue weighted by atomic mass is 16.3. The van der Waals surface area contributed by atoms with E-state index in [2.05, 4.69) is 55.6 Å². The maximum Gasteiger partial charge on any atom is 0.249 e.